The average Bonchev–Trinajstić information content (AvgIpc) is 2.08. The van der Waals surface area contributed by atoms with Crippen molar-refractivity contribution in [1.29, 1.82) is 5.26 Å². The molecule has 0 amide bonds. The van der Waals surface area contributed by atoms with Crippen molar-refractivity contribution in [3.63, 3.8) is 0 Å². The third-order valence-corrected chi connectivity index (χ3v) is 3.45. The monoisotopic (exact) mass is 179 g/mol. The zero-order valence-electron chi connectivity index (χ0n) is 9.14. The third-order valence-electron chi connectivity index (χ3n) is 3.45. The number of nitriles is 1. The van der Waals surface area contributed by atoms with Crippen LogP contribution in [0.25, 0.3) is 0 Å². The summed E-state index contributed by atoms with van der Waals surface area (Å²) in [4.78, 5) is 0. The van der Waals surface area contributed by atoms with E-state index < -0.39 is 0 Å². The standard InChI is InChI=1S/C12H21N/c1-10(2)8-12(9-13)7-5-4-6-11(12)3/h10-11H,4-8H2,1-3H3. The summed E-state index contributed by atoms with van der Waals surface area (Å²) < 4.78 is 0. The predicted molar refractivity (Wildman–Crippen MR) is 55.1 cm³/mol. The first kappa shape index (κ1) is 10.6. The molecule has 1 aliphatic carbocycles. The first-order valence-corrected chi connectivity index (χ1v) is 5.52. The molecule has 1 rings (SSSR count). The minimum absolute atomic E-state index is 0.00637. The SMILES string of the molecule is CC(C)CC1(C#N)CCCCC1C. The highest BCUT2D eigenvalue weighted by atomic mass is 14.4. The molecule has 0 bridgehead atoms. The topological polar surface area (TPSA) is 23.8 Å². The van der Waals surface area contributed by atoms with Crippen molar-refractivity contribution in [2.24, 2.45) is 17.3 Å². The maximum Gasteiger partial charge on any atom is 0.0692 e. The second kappa shape index (κ2) is 4.13. The van der Waals surface area contributed by atoms with Gasteiger partial charge in [-0.05, 0) is 31.1 Å². The van der Waals surface area contributed by atoms with Gasteiger partial charge >= 0.3 is 0 Å². The molecule has 1 heteroatoms. The Labute approximate surface area is 82.1 Å². The lowest BCUT2D eigenvalue weighted by molar-refractivity contribution is 0.143. The summed E-state index contributed by atoms with van der Waals surface area (Å²) in [6, 6.07) is 2.60. The summed E-state index contributed by atoms with van der Waals surface area (Å²) in [6.07, 6.45) is 6.04. The molecular weight excluding hydrogens is 158 g/mol. The second-order valence-corrected chi connectivity index (χ2v) is 5.01. The van der Waals surface area contributed by atoms with Gasteiger partial charge in [-0.2, -0.15) is 5.26 Å². The van der Waals surface area contributed by atoms with E-state index in [9.17, 15) is 5.26 Å². The largest absolute Gasteiger partial charge is 0.198 e. The van der Waals surface area contributed by atoms with Gasteiger partial charge in [-0.1, -0.05) is 33.6 Å². The summed E-state index contributed by atoms with van der Waals surface area (Å²) in [6.45, 7) is 6.70. The molecule has 0 heterocycles. The Bertz CT molecular complexity index is 202. The van der Waals surface area contributed by atoms with E-state index in [4.69, 9.17) is 0 Å². The summed E-state index contributed by atoms with van der Waals surface area (Å²) in [5, 5.41) is 9.31. The Morgan fingerprint density at radius 3 is 2.62 bits per heavy atom. The lowest BCUT2D eigenvalue weighted by atomic mass is 9.64. The molecule has 0 spiro atoms. The second-order valence-electron chi connectivity index (χ2n) is 5.01. The molecule has 1 aliphatic rings. The molecule has 0 aliphatic heterocycles. The van der Waals surface area contributed by atoms with E-state index in [0.29, 0.717) is 11.8 Å². The van der Waals surface area contributed by atoms with Crippen molar-refractivity contribution in [2.75, 3.05) is 0 Å². The number of hydrogen-bond donors (Lipinski definition) is 0. The van der Waals surface area contributed by atoms with Crippen LogP contribution in [0, 0.1) is 28.6 Å². The molecule has 0 saturated heterocycles. The molecule has 13 heavy (non-hydrogen) atoms. The zero-order chi connectivity index (χ0) is 9.90. The summed E-state index contributed by atoms with van der Waals surface area (Å²) >= 11 is 0. The highest BCUT2D eigenvalue weighted by molar-refractivity contribution is 5.03. The molecule has 2 atom stereocenters. The fourth-order valence-electron chi connectivity index (χ4n) is 2.66. The van der Waals surface area contributed by atoms with Crippen LogP contribution >= 0.6 is 0 Å². The van der Waals surface area contributed by atoms with Gasteiger partial charge in [-0.25, -0.2) is 0 Å². The Balaban J connectivity index is 2.72. The van der Waals surface area contributed by atoms with Crippen molar-refractivity contribution in [1.82, 2.24) is 0 Å². The highest BCUT2D eigenvalue weighted by Crippen LogP contribution is 2.44. The maximum atomic E-state index is 9.31. The van der Waals surface area contributed by atoms with Gasteiger partial charge in [0.1, 0.15) is 0 Å². The first-order valence-electron chi connectivity index (χ1n) is 5.52. The van der Waals surface area contributed by atoms with E-state index in [1.165, 1.54) is 19.3 Å². The van der Waals surface area contributed by atoms with Crippen molar-refractivity contribution >= 4 is 0 Å². The van der Waals surface area contributed by atoms with Crippen LogP contribution in [-0.2, 0) is 0 Å². The van der Waals surface area contributed by atoms with Crippen LogP contribution < -0.4 is 0 Å². The van der Waals surface area contributed by atoms with Gasteiger partial charge < -0.3 is 0 Å². The first-order chi connectivity index (χ1) is 6.10. The van der Waals surface area contributed by atoms with Gasteiger partial charge in [0.05, 0.1) is 11.5 Å². The van der Waals surface area contributed by atoms with E-state index in [2.05, 4.69) is 26.8 Å². The summed E-state index contributed by atoms with van der Waals surface area (Å²) in [5.41, 5.74) is 0.00637. The average molecular weight is 179 g/mol. The van der Waals surface area contributed by atoms with E-state index in [1.807, 2.05) is 0 Å². The van der Waals surface area contributed by atoms with Gasteiger partial charge in [-0.3, -0.25) is 0 Å². The van der Waals surface area contributed by atoms with Gasteiger partial charge in [0, 0.05) is 0 Å². The van der Waals surface area contributed by atoms with E-state index >= 15 is 0 Å². The van der Waals surface area contributed by atoms with E-state index in [1.54, 1.807) is 0 Å². The molecule has 2 unspecified atom stereocenters. The Morgan fingerprint density at radius 2 is 2.15 bits per heavy atom. The molecule has 0 radical (unpaired) electrons. The van der Waals surface area contributed by atoms with Crippen molar-refractivity contribution in [3.05, 3.63) is 0 Å². The Morgan fingerprint density at radius 1 is 1.46 bits per heavy atom. The Hall–Kier alpha value is -0.510. The lowest BCUT2D eigenvalue weighted by Gasteiger charge is -2.38. The number of nitrogens with zero attached hydrogens (tertiary/aromatic N) is 1. The van der Waals surface area contributed by atoms with Crippen LogP contribution in [-0.4, -0.2) is 0 Å². The molecule has 0 aromatic carbocycles. The van der Waals surface area contributed by atoms with E-state index in [-0.39, 0.29) is 5.41 Å². The summed E-state index contributed by atoms with van der Waals surface area (Å²) in [5.74, 6) is 1.26. The highest BCUT2D eigenvalue weighted by Gasteiger charge is 2.38. The van der Waals surface area contributed by atoms with Crippen LogP contribution in [0.3, 0.4) is 0 Å². The molecule has 0 N–H and O–H groups in total. The molecule has 1 saturated carbocycles. The number of hydrogen-bond acceptors (Lipinski definition) is 1. The molecular formula is C12H21N. The molecule has 0 aromatic rings. The van der Waals surface area contributed by atoms with Gasteiger partial charge in [-0.15, -0.1) is 0 Å². The van der Waals surface area contributed by atoms with Gasteiger partial charge in [0.15, 0.2) is 0 Å². The third kappa shape index (κ3) is 2.24. The van der Waals surface area contributed by atoms with Crippen LogP contribution in [0.1, 0.15) is 52.9 Å². The van der Waals surface area contributed by atoms with Gasteiger partial charge in [0.2, 0.25) is 0 Å². The van der Waals surface area contributed by atoms with Gasteiger partial charge in [0.25, 0.3) is 0 Å². The Kier molecular flexibility index (Phi) is 3.36. The van der Waals surface area contributed by atoms with Crippen LogP contribution in [0.5, 0.6) is 0 Å². The summed E-state index contributed by atoms with van der Waals surface area (Å²) in [7, 11) is 0. The minimum atomic E-state index is 0.00637. The quantitative estimate of drug-likeness (QED) is 0.633. The maximum absolute atomic E-state index is 9.31. The van der Waals surface area contributed by atoms with Crippen molar-refractivity contribution < 1.29 is 0 Å². The smallest absolute Gasteiger partial charge is 0.0692 e. The minimum Gasteiger partial charge on any atom is -0.198 e. The molecule has 0 aromatic heterocycles. The van der Waals surface area contributed by atoms with Crippen molar-refractivity contribution in [3.8, 4) is 6.07 Å². The predicted octanol–water partition coefficient (Wildman–Crippen LogP) is 3.75. The normalized spacial score (nSPS) is 34.5. The number of rotatable bonds is 2. The lowest BCUT2D eigenvalue weighted by Crippen LogP contribution is -2.32. The molecule has 1 fully saturated rings. The molecule has 74 valence electrons. The molecule has 1 nitrogen and oxygen atoms in total. The van der Waals surface area contributed by atoms with Crippen LogP contribution in [0.4, 0.5) is 0 Å². The van der Waals surface area contributed by atoms with E-state index in [0.717, 1.165) is 12.8 Å². The fraction of sp³-hybridized carbons (Fsp3) is 0.917. The van der Waals surface area contributed by atoms with Crippen molar-refractivity contribution in [2.45, 2.75) is 52.9 Å². The van der Waals surface area contributed by atoms with Crippen LogP contribution in [0.15, 0.2) is 0 Å². The zero-order valence-corrected chi connectivity index (χ0v) is 9.14. The fourth-order valence-corrected chi connectivity index (χ4v) is 2.66. The van der Waals surface area contributed by atoms with Crippen LogP contribution in [0.2, 0.25) is 0 Å².